The van der Waals surface area contributed by atoms with Gasteiger partial charge in [0.25, 0.3) is 0 Å². The van der Waals surface area contributed by atoms with Crippen molar-refractivity contribution in [2.24, 2.45) is 0 Å². The minimum absolute atomic E-state index is 0.304. The fraction of sp³-hybridized carbons (Fsp3) is 0.200. The highest BCUT2D eigenvalue weighted by Gasteiger charge is 2.10. The largest absolute Gasteiger partial charge is 0.481 e. The van der Waals surface area contributed by atoms with Gasteiger partial charge >= 0.3 is 5.97 Å². The third kappa shape index (κ3) is 3.40. The lowest BCUT2D eigenvalue weighted by atomic mass is 10.2. The van der Waals surface area contributed by atoms with Crippen molar-refractivity contribution in [2.45, 2.75) is 13.3 Å². The lowest BCUT2D eigenvalue weighted by Crippen LogP contribution is -2.16. The van der Waals surface area contributed by atoms with Crippen LogP contribution in [0.2, 0.25) is 10.0 Å². The standard InChI is InChI=1S/C10H9Cl2NO3/c1-5-2-6(11)7(12)3-8(5)13-9(14)4-10(15)16/h2-3H,4H2,1H3,(H,13,14)(H,15,16). The van der Waals surface area contributed by atoms with Crippen molar-refractivity contribution in [3.8, 4) is 0 Å². The first-order valence-electron chi connectivity index (χ1n) is 4.37. The predicted octanol–water partition coefficient (Wildman–Crippen LogP) is 2.72. The smallest absolute Gasteiger partial charge is 0.312 e. The maximum absolute atomic E-state index is 11.2. The minimum Gasteiger partial charge on any atom is -0.481 e. The number of hydrogen-bond donors (Lipinski definition) is 2. The second kappa shape index (κ2) is 5.18. The zero-order chi connectivity index (χ0) is 12.3. The molecule has 0 aliphatic heterocycles. The number of halogens is 2. The van der Waals surface area contributed by atoms with E-state index in [9.17, 15) is 9.59 Å². The zero-order valence-electron chi connectivity index (χ0n) is 8.38. The maximum Gasteiger partial charge on any atom is 0.312 e. The van der Waals surface area contributed by atoms with E-state index >= 15 is 0 Å². The van der Waals surface area contributed by atoms with Gasteiger partial charge in [-0.05, 0) is 24.6 Å². The van der Waals surface area contributed by atoms with Gasteiger partial charge in [-0.3, -0.25) is 9.59 Å². The fourth-order valence-corrected chi connectivity index (χ4v) is 1.49. The van der Waals surface area contributed by atoms with Crippen molar-refractivity contribution in [1.29, 1.82) is 0 Å². The maximum atomic E-state index is 11.2. The van der Waals surface area contributed by atoms with Crippen LogP contribution in [0.3, 0.4) is 0 Å². The van der Waals surface area contributed by atoms with Crippen molar-refractivity contribution in [3.63, 3.8) is 0 Å². The molecule has 0 saturated carbocycles. The van der Waals surface area contributed by atoms with Gasteiger partial charge in [-0.2, -0.15) is 0 Å². The molecule has 0 atom stereocenters. The Labute approximate surface area is 102 Å². The molecule has 0 fully saturated rings. The molecule has 16 heavy (non-hydrogen) atoms. The first kappa shape index (κ1) is 12.8. The first-order chi connectivity index (χ1) is 7.40. The topological polar surface area (TPSA) is 66.4 Å². The number of amides is 1. The quantitative estimate of drug-likeness (QED) is 0.823. The van der Waals surface area contributed by atoms with Crippen LogP contribution in [0, 0.1) is 6.92 Å². The SMILES string of the molecule is Cc1cc(Cl)c(Cl)cc1NC(=O)CC(=O)O. The number of benzene rings is 1. The molecule has 0 aliphatic rings. The van der Waals surface area contributed by atoms with E-state index in [-0.39, 0.29) is 0 Å². The Morgan fingerprint density at radius 3 is 2.44 bits per heavy atom. The molecule has 1 rings (SSSR count). The third-order valence-corrected chi connectivity index (χ3v) is 2.58. The molecule has 0 saturated heterocycles. The average Bonchev–Trinajstić information content (AvgIpc) is 2.12. The van der Waals surface area contributed by atoms with Gasteiger partial charge in [0, 0.05) is 5.69 Å². The Balaban J connectivity index is 2.85. The van der Waals surface area contributed by atoms with E-state index in [1.165, 1.54) is 6.07 Å². The number of carboxylic acid groups (broad SMARTS) is 1. The Morgan fingerprint density at radius 2 is 1.88 bits per heavy atom. The number of aryl methyl sites for hydroxylation is 1. The summed E-state index contributed by atoms with van der Waals surface area (Å²) in [4.78, 5) is 21.5. The predicted molar refractivity (Wildman–Crippen MR) is 62.1 cm³/mol. The Morgan fingerprint density at radius 1 is 1.31 bits per heavy atom. The summed E-state index contributed by atoms with van der Waals surface area (Å²) in [6, 6.07) is 3.08. The lowest BCUT2D eigenvalue weighted by Gasteiger charge is -2.08. The van der Waals surface area contributed by atoms with E-state index in [0.29, 0.717) is 21.3 Å². The van der Waals surface area contributed by atoms with Crippen molar-refractivity contribution in [1.82, 2.24) is 0 Å². The van der Waals surface area contributed by atoms with Crippen LogP contribution in [0.1, 0.15) is 12.0 Å². The van der Waals surface area contributed by atoms with Crippen LogP contribution < -0.4 is 5.32 Å². The fourth-order valence-electron chi connectivity index (χ4n) is 1.11. The third-order valence-electron chi connectivity index (χ3n) is 1.85. The van der Waals surface area contributed by atoms with E-state index in [4.69, 9.17) is 28.3 Å². The highest BCUT2D eigenvalue weighted by atomic mass is 35.5. The first-order valence-corrected chi connectivity index (χ1v) is 5.13. The molecule has 0 unspecified atom stereocenters. The van der Waals surface area contributed by atoms with Gasteiger partial charge in [-0.15, -0.1) is 0 Å². The Bertz CT molecular complexity index is 446. The summed E-state index contributed by atoms with van der Waals surface area (Å²) in [5.74, 6) is -1.79. The van der Waals surface area contributed by atoms with Crippen molar-refractivity contribution < 1.29 is 14.7 Å². The van der Waals surface area contributed by atoms with Crippen molar-refractivity contribution in [2.75, 3.05) is 5.32 Å². The molecule has 4 nitrogen and oxygen atoms in total. The van der Waals surface area contributed by atoms with E-state index in [2.05, 4.69) is 5.32 Å². The second-order valence-electron chi connectivity index (χ2n) is 3.20. The molecule has 2 N–H and O–H groups in total. The number of carbonyl (C=O) groups excluding carboxylic acids is 1. The molecule has 1 aromatic carbocycles. The number of aliphatic carboxylic acids is 1. The molecule has 0 spiro atoms. The molecule has 1 amide bonds. The number of anilines is 1. The molecule has 0 radical (unpaired) electrons. The van der Waals surface area contributed by atoms with Crippen LogP contribution >= 0.6 is 23.2 Å². The van der Waals surface area contributed by atoms with Crippen LogP contribution in [0.25, 0.3) is 0 Å². The Kier molecular flexibility index (Phi) is 4.15. The van der Waals surface area contributed by atoms with Crippen LogP contribution in [0.5, 0.6) is 0 Å². The highest BCUT2D eigenvalue weighted by Crippen LogP contribution is 2.28. The van der Waals surface area contributed by atoms with Gasteiger partial charge in [0.2, 0.25) is 5.91 Å². The van der Waals surface area contributed by atoms with Gasteiger partial charge in [0.15, 0.2) is 0 Å². The number of carboxylic acids is 1. The van der Waals surface area contributed by atoms with E-state index < -0.39 is 18.3 Å². The molecule has 0 bridgehead atoms. The van der Waals surface area contributed by atoms with E-state index in [1.807, 2.05) is 0 Å². The number of carbonyl (C=O) groups is 2. The van der Waals surface area contributed by atoms with Crippen molar-refractivity contribution in [3.05, 3.63) is 27.7 Å². The van der Waals surface area contributed by atoms with Crippen LogP contribution in [-0.4, -0.2) is 17.0 Å². The molecule has 0 aliphatic carbocycles. The Hall–Kier alpha value is -1.26. The average molecular weight is 262 g/mol. The van der Waals surface area contributed by atoms with Crippen LogP contribution in [0.4, 0.5) is 5.69 Å². The van der Waals surface area contributed by atoms with Crippen LogP contribution in [-0.2, 0) is 9.59 Å². The summed E-state index contributed by atoms with van der Waals surface area (Å²) in [6.07, 6.45) is -0.584. The molecular formula is C10H9Cl2NO3. The van der Waals surface area contributed by atoms with Gasteiger partial charge in [-0.1, -0.05) is 23.2 Å². The zero-order valence-corrected chi connectivity index (χ0v) is 9.89. The molecule has 6 heteroatoms. The van der Waals surface area contributed by atoms with Gasteiger partial charge in [0.05, 0.1) is 10.0 Å². The number of hydrogen-bond acceptors (Lipinski definition) is 2. The normalized spacial score (nSPS) is 9.94. The van der Waals surface area contributed by atoms with Crippen LogP contribution in [0.15, 0.2) is 12.1 Å². The highest BCUT2D eigenvalue weighted by molar-refractivity contribution is 6.42. The molecular weight excluding hydrogens is 253 g/mol. The summed E-state index contributed by atoms with van der Waals surface area (Å²) >= 11 is 11.5. The van der Waals surface area contributed by atoms with Gasteiger partial charge in [-0.25, -0.2) is 0 Å². The summed E-state index contributed by atoms with van der Waals surface area (Å²) in [6.45, 7) is 1.73. The second-order valence-corrected chi connectivity index (χ2v) is 4.01. The van der Waals surface area contributed by atoms with E-state index in [0.717, 1.165) is 0 Å². The molecule has 0 aromatic heterocycles. The lowest BCUT2D eigenvalue weighted by molar-refractivity contribution is -0.139. The van der Waals surface area contributed by atoms with Gasteiger partial charge < -0.3 is 10.4 Å². The summed E-state index contributed by atoms with van der Waals surface area (Å²) in [5.41, 5.74) is 1.17. The molecule has 0 heterocycles. The number of nitrogens with one attached hydrogen (secondary N) is 1. The summed E-state index contributed by atoms with van der Waals surface area (Å²) in [7, 11) is 0. The summed E-state index contributed by atoms with van der Waals surface area (Å²) < 4.78 is 0. The number of rotatable bonds is 3. The monoisotopic (exact) mass is 261 g/mol. The summed E-state index contributed by atoms with van der Waals surface area (Å²) in [5, 5.41) is 11.6. The minimum atomic E-state index is -1.18. The van der Waals surface area contributed by atoms with Crippen molar-refractivity contribution >= 4 is 40.8 Å². The molecule has 1 aromatic rings. The molecule has 86 valence electrons. The van der Waals surface area contributed by atoms with Gasteiger partial charge in [0.1, 0.15) is 6.42 Å². The van der Waals surface area contributed by atoms with E-state index in [1.54, 1.807) is 13.0 Å².